The van der Waals surface area contributed by atoms with Gasteiger partial charge in [0.15, 0.2) is 11.3 Å². The highest BCUT2D eigenvalue weighted by atomic mass is 16.7. The van der Waals surface area contributed by atoms with Crippen molar-refractivity contribution in [2.24, 2.45) is 23.7 Å². The molecule has 2 aromatic carbocycles. The lowest BCUT2D eigenvalue weighted by atomic mass is 9.78. The van der Waals surface area contributed by atoms with E-state index in [9.17, 15) is 39.6 Å². The van der Waals surface area contributed by atoms with Gasteiger partial charge in [0.2, 0.25) is 5.43 Å². The summed E-state index contributed by atoms with van der Waals surface area (Å²) in [4.78, 5) is 59.9. The fourth-order valence-corrected chi connectivity index (χ4v) is 8.02. The second-order valence-electron chi connectivity index (χ2n) is 15.9. The molecule has 0 aromatic heterocycles. The first-order valence-corrected chi connectivity index (χ1v) is 19.3. The maximum atomic E-state index is 14.6. The molecule has 3 aliphatic heterocycles. The van der Waals surface area contributed by atoms with Crippen molar-refractivity contribution in [2.75, 3.05) is 12.4 Å². The number of carbonyl (C=O) groups excluding carboxylic acids is 3. The highest BCUT2D eigenvalue weighted by Gasteiger charge is 2.50. The molecule has 4 aliphatic rings. The van der Waals surface area contributed by atoms with Crippen LogP contribution in [0.4, 0.5) is 5.69 Å². The van der Waals surface area contributed by atoms with E-state index in [0.717, 1.165) is 0 Å². The van der Waals surface area contributed by atoms with E-state index in [1.165, 1.54) is 59.3 Å². The summed E-state index contributed by atoms with van der Waals surface area (Å²) in [7, 11) is 1.43. The van der Waals surface area contributed by atoms with Crippen LogP contribution in [0.3, 0.4) is 0 Å². The molecule has 314 valence electrons. The molecule has 6 rings (SSSR count). The maximum absolute atomic E-state index is 14.6. The highest BCUT2D eigenvalue weighted by Crippen LogP contribution is 2.50. The molecule has 0 radical (unpaired) electrons. The number of anilines is 1. The van der Waals surface area contributed by atoms with Gasteiger partial charge in [0.1, 0.15) is 40.3 Å². The van der Waals surface area contributed by atoms with Gasteiger partial charge in [-0.1, -0.05) is 45.9 Å². The predicted octanol–water partition coefficient (Wildman–Crippen LogP) is 5.96. The van der Waals surface area contributed by atoms with E-state index >= 15 is 0 Å². The van der Waals surface area contributed by atoms with Crippen molar-refractivity contribution in [3.05, 3.63) is 75.2 Å². The van der Waals surface area contributed by atoms with Crippen molar-refractivity contribution in [3.63, 3.8) is 0 Å². The number of ether oxygens (including phenoxy) is 4. The largest absolute Gasteiger partial charge is 0.507 e. The van der Waals surface area contributed by atoms with Crippen molar-refractivity contribution in [1.29, 1.82) is 0 Å². The van der Waals surface area contributed by atoms with Crippen molar-refractivity contribution >= 4 is 45.2 Å². The first-order chi connectivity index (χ1) is 27.7. The Balaban J connectivity index is 1.60. The number of nitrogens with one attached hydrogen (secondary N) is 1. The van der Waals surface area contributed by atoms with Crippen LogP contribution in [0, 0.1) is 37.5 Å². The molecular formula is C44H50N2O13. The molecule has 1 amide bonds. The molecule has 59 heavy (non-hydrogen) atoms. The van der Waals surface area contributed by atoms with E-state index in [1.54, 1.807) is 52.8 Å². The Morgan fingerprint density at radius 1 is 0.949 bits per heavy atom. The summed E-state index contributed by atoms with van der Waals surface area (Å²) in [6.45, 7) is 14.2. The summed E-state index contributed by atoms with van der Waals surface area (Å²) in [5.41, 5.74) is -0.740. The second-order valence-corrected chi connectivity index (χ2v) is 15.9. The summed E-state index contributed by atoms with van der Waals surface area (Å²) in [5, 5.41) is 47.6. The van der Waals surface area contributed by atoms with E-state index in [0.29, 0.717) is 5.56 Å². The number of aromatic nitrogens is 1. The number of nitrogens with zero attached hydrogens (tertiary/aromatic N) is 1. The third-order valence-electron chi connectivity index (χ3n) is 11.6. The van der Waals surface area contributed by atoms with Gasteiger partial charge in [0.25, 0.3) is 11.7 Å². The van der Waals surface area contributed by atoms with E-state index < -0.39 is 82.7 Å². The topological polar surface area (TPSA) is 224 Å². The summed E-state index contributed by atoms with van der Waals surface area (Å²) in [5.74, 6) is -7.81. The summed E-state index contributed by atoms with van der Waals surface area (Å²) < 4.78 is 29.9. The Kier molecular flexibility index (Phi) is 11.7. The molecule has 9 atom stereocenters. The first-order valence-electron chi connectivity index (χ1n) is 19.3. The number of methoxy groups -OCH3 is 1. The Hall–Kier alpha value is -5.77. The van der Waals surface area contributed by atoms with Crippen LogP contribution in [-0.2, 0) is 23.8 Å². The predicted molar refractivity (Wildman–Crippen MR) is 217 cm³/mol. The molecule has 0 saturated heterocycles. The number of aromatic hydroxyl groups is 2. The molecule has 3 heterocycles. The molecule has 1 aliphatic carbocycles. The molecular weight excluding hydrogens is 764 g/mol. The third-order valence-corrected chi connectivity index (χ3v) is 11.6. The number of amides is 1. The van der Waals surface area contributed by atoms with Gasteiger partial charge < -0.3 is 49.1 Å². The van der Waals surface area contributed by atoms with Gasteiger partial charge >= 0.3 is 11.8 Å². The molecule has 15 nitrogen and oxygen atoms in total. The number of benzene rings is 3. The quantitative estimate of drug-likeness (QED) is 0.0895. The fraction of sp³-hybridized carbons (Fsp3) is 0.432. The van der Waals surface area contributed by atoms with Gasteiger partial charge in [-0.15, -0.1) is 0 Å². The number of rotatable bonds is 2. The Morgan fingerprint density at radius 2 is 1.64 bits per heavy atom. The number of aryl methyl sites for hydroxylation is 1. The molecule has 0 saturated carbocycles. The minimum Gasteiger partial charge on any atom is -0.507 e. The first kappa shape index (κ1) is 42.8. The average Bonchev–Trinajstić information content (AvgIpc) is 3.45. The van der Waals surface area contributed by atoms with Gasteiger partial charge in [0, 0.05) is 61.2 Å². The Morgan fingerprint density at radius 3 is 2.31 bits per heavy atom. The number of phenolic OH excluding ortho intramolecular Hbond substituents is 2. The number of Topliss-reactive ketones (excluding diaryl/α,β-unsaturated/α-hetero) is 1. The Bertz CT molecular complexity index is 2480. The minimum absolute atomic E-state index is 0.0175. The number of ketones is 1. The van der Waals surface area contributed by atoms with Gasteiger partial charge in [-0.2, -0.15) is 0 Å². The van der Waals surface area contributed by atoms with Gasteiger partial charge in [0.05, 0.1) is 35.5 Å². The van der Waals surface area contributed by atoms with E-state index in [2.05, 4.69) is 10.3 Å². The van der Waals surface area contributed by atoms with Gasteiger partial charge in [-0.3, -0.25) is 19.2 Å². The van der Waals surface area contributed by atoms with Crippen molar-refractivity contribution in [3.8, 4) is 28.7 Å². The van der Waals surface area contributed by atoms with E-state index in [1.807, 2.05) is 0 Å². The van der Waals surface area contributed by atoms with Gasteiger partial charge in [-0.25, -0.2) is 4.98 Å². The molecule has 4 bridgehead atoms. The molecule has 0 spiro atoms. The molecule has 2 aromatic rings. The SMILES string of the molecule is CO[C@H]1/C=C/O[C@@]2(C)Oc3c(C)c(O)c4c(=O)c(c5oc6cc(C)cc(O)c6nc-5c4c3C2=O)NC(=O)/C(C)=C\C=C\[C@H](C)[C@H](O)[C@@H](C)[C@@H](O)[C@@H](C)[C@H](OC(C)=O)[C@@H]1C. The molecule has 15 heteroatoms. The highest BCUT2D eigenvalue weighted by molar-refractivity contribution is 6.22. The normalized spacial score (nSPS) is 30.1. The van der Waals surface area contributed by atoms with Crippen molar-refractivity contribution < 1.29 is 58.2 Å². The lowest BCUT2D eigenvalue weighted by Crippen LogP contribution is -2.46. The third kappa shape index (κ3) is 7.54. The summed E-state index contributed by atoms with van der Waals surface area (Å²) >= 11 is 0. The summed E-state index contributed by atoms with van der Waals surface area (Å²) in [6.07, 6.45) is 3.45. The number of hydrogen-bond acceptors (Lipinski definition) is 14. The van der Waals surface area contributed by atoms with Crippen LogP contribution in [0.15, 0.2) is 57.5 Å². The zero-order valence-electron chi connectivity index (χ0n) is 34.6. The van der Waals surface area contributed by atoms with Crippen LogP contribution in [0.1, 0.15) is 70.0 Å². The van der Waals surface area contributed by atoms with Crippen LogP contribution in [0.25, 0.3) is 33.3 Å². The second kappa shape index (κ2) is 16.1. The van der Waals surface area contributed by atoms with Crippen LogP contribution in [0.2, 0.25) is 0 Å². The molecule has 0 fully saturated rings. The maximum Gasteiger partial charge on any atom is 0.312 e. The monoisotopic (exact) mass is 814 g/mol. The smallest absolute Gasteiger partial charge is 0.312 e. The van der Waals surface area contributed by atoms with Crippen LogP contribution >= 0.6 is 0 Å². The molecule has 0 unspecified atom stereocenters. The number of hydrogen-bond donors (Lipinski definition) is 5. The average molecular weight is 815 g/mol. The number of phenols is 2. The summed E-state index contributed by atoms with van der Waals surface area (Å²) in [6, 6.07) is 3.04. The minimum atomic E-state index is -2.06. The number of aliphatic hydroxyl groups is 2. The van der Waals surface area contributed by atoms with E-state index in [-0.39, 0.29) is 67.2 Å². The van der Waals surface area contributed by atoms with E-state index in [4.69, 9.17) is 23.4 Å². The van der Waals surface area contributed by atoms with Crippen molar-refractivity contribution in [1.82, 2.24) is 4.98 Å². The standard InChI is InChI=1S/C44H50N2O13/c1-18-16-26(48)32-28(17-18)58-41-33(45-32)29-30-37(51)24(7)40-31(29)42(53)44(9,59-40)56-15-14-27(55-10)21(4)39(57-25(8)47)23(6)36(50)22(5)35(49)19(2)12-11-13-20(3)43(54)46-34(41)38(30)52/h11-17,19,21-23,27,35-36,39,48-51H,1-10H3,(H,46,54)/b12-11+,15-14+,20-13-/t19-,21+,22+,23+,27-,35-,36+,39+,44-/m0/s1. The lowest BCUT2D eigenvalue weighted by molar-refractivity contribution is -0.160. The number of fused-ring (bicyclic) bond motifs is 2. The van der Waals surface area contributed by atoms with Crippen molar-refractivity contribution in [2.45, 2.75) is 92.5 Å². The zero-order valence-corrected chi connectivity index (χ0v) is 34.6. The number of allylic oxidation sites excluding steroid dienone is 2. The lowest BCUT2D eigenvalue weighted by Gasteiger charge is -2.38. The number of carbonyl (C=O) groups is 3. The van der Waals surface area contributed by atoms with Crippen LogP contribution < -0.4 is 15.5 Å². The zero-order chi connectivity index (χ0) is 43.4. The fourth-order valence-electron chi connectivity index (χ4n) is 8.02. The Labute approximate surface area is 340 Å². The van der Waals surface area contributed by atoms with Crippen LogP contribution in [-0.4, -0.2) is 80.4 Å². The molecule has 5 N–H and O–H groups in total. The number of aliphatic hydroxyl groups excluding tert-OH is 2. The number of esters is 1. The van der Waals surface area contributed by atoms with Gasteiger partial charge in [-0.05, 0) is 44.5 Å². The van der Waals surface area contributed by atoms with Crippen LogP contribution in [0.5, 0.6) is 17.2 Å².